The van der Waals surface area contributed by atoms with Crippen molar-refractivity contribution in [3.05, 3.63) is 28.6 Å². The Hall–Kier alpha value is -1.38. The third-order valence-electron chi connectivity index (χ3n) is 11.0. The Labute approximate surface area is 307 Å². The van der Waals surface area contributed by atoms with Gasteiger partial charge in [0.1, 0.15) is 0 Å². The summed E-state index contributed by atoms with van der Waals surface area (Å²) >= 11 is 0. The first kappa shape index (κ1) is 45.6. The van der Waals surface area contributed by atoms with Crippen molar-refractivity contribution in [2.45, 2.75) is 259 Å². The molecular formula is C46H86NO2+. The highest BCUT2D eigenvalue weighted by Crippen LogP contribution is 2.26. The van der Waals surface area contributed by atoms with Crippen molar-refractivity contribution >= 4 is 6.09 Å². The van der Waals surface area contributed by atoms with Crippen LogP contribution in [0.25, 0.3) is 0 Å². The van der Waals surface area contributed by atoms with Crippen molar-refractivity contribution in [1.29, 1.82) is 0 Å². The second-order valence-electron chi connectivity index (χ2n) is 15.6. The number of aryl methyl sites for hydroxylation is 1. The molecular weight excluding hydrogens is 599 g/mol. The average Bonchev–Trinajstić information content (AvgIpc) is 3.10. The smallest absolute Gasteiger partial charge is 0.427 e. The first-order valence-corrected chi connectivity index (χ1v) is 22.4. The summed E-state index contributed by atoms with van der Waals surface area (Å²) in [5, 5.41) is 10.6. The van der Waals surface area contributed by atoms with E-state index >= 15 is 0 Å². The zero-order valence-electron chi connectivity index (χ0n) is 33.8. The van der Waals surface area contributed by atoms with Gasteiger partial charge in [0.2, 0.25) is 0 Å². The minimum absolute atomic E-state index is 0.775. The number of rotatable bonds is 36. The van der Waals surface area contributed by atoms with Gasteiger partial charge >= 0.3 is 6.09 Å². The van der Waals surface area contributed by atoms with Crippen LogP contribution in [-0.4, -0.2) is 11.2 Å². The van der Waals surface area contributed by atoms with Crippen molar-refractivity contribution in [2.75, 3.05) is 0 Å². The first-order chi connectivity index (χ1) is 24.1. The lowest BCUT2D eigenvalue weighted by Gasteiger charge is -2.18. The molecule has 0 fully saturated rings. The van der Waals surface area contributed by atoms with E-state index in [9.17, 15) is 9.90 Å². The molecule has 3 heteroatoms. The molecule has 0 unspecified atom stereocenters. The van der Waals surface area contributed by atoms with Gasteiger partial charge in [-0.25, -0.2) is 0 Å². The fourth-order valence-corrected chi connectivity index (χ4v) is 7.84. The zero-order valence-corrected chi connectivity index (χ0v) is 33.8. The molecule has 0 aliphatic carbocycles. The summed E-state index contributed by atoms with van der Waals surface area (Å²) in [6, 6.07) is 0. The Morgan fingerprint density at radius 1 is 0.408 bits per heavy atom. The summed E-state index contributed by atoms with van der Waals surface area (Å²) in [6.07, 6.45) is 47.6. The molecule has 3 nitrogen and oxygen atoms in total. The Bertz CT molecular complexity index is 894. The van der Waals surface area contributed by atoms with E-state index in [1.54, 1.807) is 10.1 Å². The Morgan fingerprint density at radius 3 is 1.04 bits per heavy atom. The van der Waals surface area contributed by atoms with Crippen LogP contribution in [0.4, 0.5) is 4.79 Å². The van der Waals surface area contributed by atoms with Crippen LogP contribution < -0.4 is 4.57 Å². The lowest BCUT2D eigenvalue weighted by atomic mass is 9.88. The highest BCUT2D eigenvalue weighted by molar-refractivity contribution is 5.55. The van der Waals surface area contributed by atoms with Crippen molar-refractivity contribution in [2.24, 2.45) is 0 Å². The van der Waals surface area contributed by atoms with Crippen LogP contribution in [-0.2, 0) is 25.7 Å². The third kappa shape index (κ3) is 23.7. The topological polar surface area (TPSA) is 41.2 Å². The molecule has 0 aromatic carbocycles. The summed E-state index contributed by atoms with van der Waals surface area (Å²) in [6.45, 7) is 9.17. The molecule has 0 bridgehead atoms. The van der Waals surface area contributed by atoms with Crippen LogP contribution in [0.1, 0.15) is 256 Å². The average molecular weight is 685 g/mol. The molecule has 1 aromatic rings. The SMILES string of the molecule is CCCCCCCCCCc1c[n+](C(=O)O)c(CCCCCCCCCC)c(CCCCCCCCCC)c1CCCCCCCCCC. The number of carboxylic acid groups (broad SMARTS) is 1. The Kier molecular flexibility index (Phi) is 31.4. The number of nitrogens with zero attached hydrogens (tertiary/aromatic N) is 1. The standard InChI is InChI=1S/C46H85NO2/c1-5-9-13-17-21-25-29-33-37-42-41-47(46(48)49)45(40-36-32-28-24-20-16-12-8-4)44(39-35-31-27-23-19-15-11-7-3)43(42)38-34-30-26-22-18-14-10-6-2/h41H,5-40H2,1-4H3/p+1. The second-order valence-corrected chi connectivity index (χ2v) is 15.6. The van der Waals surface area contributed by atoms with E-state index in [1.807, 2.05) is 0 Å². The maximum atomic E-state index is 12.8. The second kappa shape index (κ2) is 33.7. The highest BCUT2D eigenvalue weighted by Gasteiger charge is 2.28. The summed E-state index contributed by atoms with van der Waals surface area (Å²) < 4.78 is 1.69. The molecule has 1 heterocycles. The predicted molar refractivity (Wildman–Crippen MR) is 215 cm³/mol. The summed E-state index contributed by atoms with van der Waals surface area (Å²) in [4.78, 5) is 12.8. The van der Waals surface area contributed by atoms with Crippen LogP contribution in [0.2, 0.25) is 0 Å². The van der Waals surface area contributed by atoms with Gasteiger partial charge in [-0.15, -0.1) is 0 Å². The molecule has 49 heavy (non-hydrogen) atoms. The van der Waals surface area contributed by atoms with Crippen molar-refractivity contribution in [1.82, 2.24) is 0 Å². The van der Waals surface area contributed by atoms with E-state index in [0.717, 1.165) is 37.8 Å². The fraction of sp³-hybridized carbons (Fsp3) is 0.870. The van der Waals surface area contributed by atoms with Gasteiger partial charge in [0.25, 0.3) is 0 Å². The molecule has 0 radical (unpaired) electrons. The highest BCUT2D eigenvalue weighted by atomic mass is 16.4. The molecule has 0 saturated heterocycles. The number of hydrogen-bond acceptors (Lipinski definition) is 1. The monoisotopic (exact) mass is 685 g/mol. The molecule has 1 rings (SSSR count). The minimum atomic E-state index is -0.775. The van der Waals surface area contributed by atoms with E-state index in [2.05, 4.69) is 33.9 Å². The number of carbonyl (C=O) groups is 1. The van der Waals surface area contributed by atoms with E-state index in [1.165, 1.54) is 210 Å². The van der Waals surface area contributed by atoms with Crippen LogP contribution >= 0.6 is 0 Å². The van der Waals surface area contributed by atoms with Gasteiger partial charge in [0, 0.05) is 17.5 Å². The molecule has 0 atom stereocenters. The summed E-state index contributed by atoms with van der Waals surface area (Å²) in [5.74, 6) is 0. The van der Waals surface area contributed by atoms with Crippen molar-refractivity contribution < 1.29 is 14.5 Å². The van der Waals surface area contributed by atoms with E-state index in [4.69, 9.17) is 0 Å². The minimum Gasteiger partial charge on any atom is -0.427 e. The molecule has 1 aromatic heterocycles. The van der Waals surface area contributed by atoms with Crippen LogP contribution in [0, 0.1) is 0 Å². The van der Waals surface area contributed by atoms with Gasteiger partial charge in [0.15, 0.2) is 11.9 Å². The number of aromatic nitrogens is 1. The maximum absolute atomic E-state index is 12.8. The van der Waals surface area contributed by atoms with Crippen LogP contribution in [0.15, 0.2) is 6.20 Å². The quantitative estimate of drug-likeness (QED) is 0.0564. The largest absolute Gasteiger partial charge is 0.599 e. The number of unbranched alkanes of at least 4 members (excludes halogenated alkanes) is 28. The number of hydrogen-bond donors (Lipinski definition) is 1. The maximum Gasteiger partial charge on any atom is 0.599 e. The summed E-state index contributed by atoms with van der Waals surface area (Å²) in [5.41, 5.74) is 5.49. The van der Waals surface area contributed by atoms with Gasteiger partial charge in [-0.1, -0.05) is 212 Å². The molecule has 1 N–H and O–H groups in total. The Balaban J connectivity index is 3.13. The first-order valence-electron chi connectivity index (χ1n) is 22.4. The molecule has 0 saturated carbocycles. The van der Waals surface area contributed by atoms with E-state index in [-0.39, 0.29) is 0 Å². The van der Waals surface area contributed by atoms with Crippen molar-refractivity contribution in [3.63, 3.8) is 0 Å². The molecule has 0 aliphatic heterocycles. The zero-order chi connectivity index (χ0) is 35.6. The summed E-state index contributed by atoms with van der Waals surface area (Å²) in [7, 11) is 0. The lowest BCUT2D eigenvalue weighted by molar-refractivity contribution is -0.593. The van der Waals surface area contributed by atoms with Gasteiger partial charge in [0.05, 0.1) is 0 Å². The van der Waals surface area contributed by atoms with Crippen molar-refractivity contribution in [3.8, 4) is 0 Å². The van der Waals surface area contributed by atoms with Gasteiger partial charge in [-0.2, -0.15) is 4.79 Å². The molecule has 0 aliphatic rings. The van der Waals surface area contributed by atoms with Gasteiger partial charge in [-0.05, 0) is 50.5 Å². The van der Waals surface area contributed by atoms with E-state index < -0.39 is 6.09 Å². The fourth-order valence-electron chi connectivity index (χ4n) is 7.84. The van der Waals surface area contributed by atoms with Crippen LogP contribution in [0.5, 0.6) is 0 Å². The molecule has 0 amide bonds. The van der Waals surface area contributed by atoms with E-state index in [0.29, 0.717) is 0 Å². The number of pyridine rings is 1. The lowest BCUT2D eigenvalue weighted by Crippen LogP contribution is -2.47. The predicted octanol–water partition coefficient (Wildman–Crippen LogP) is 15.2. The molecule has 0 spiro atoms. The normalized spacial score (nSPS) is 11.5. The Morgan fingerprint density at radius 2 is 0.694 bits per heavy atom. The third-order valence-corrected chi connectivity index (χ3v) is 11.0. The van der Waals surface area contributed by atoms with Gasteiger partial charge in [-0.3, -0.25) is 0 Å². The van der Waals surface area contributed by atoms with Gasteiger partial charge < -0.3 is 5.11 Å². The molecule has 286 valence electrons. The van der Waals surface area contributed by atoms with Crippen LogP contribution in [0.3, 0.4) is 0 Å².